The van der Waals surface area contributed by atoms with Crippen molar-refractivity contribution in [1.82, 2.24) is 4.90 Å². The summed E-state index contributed by atoms with van der Waals surface area (Å²) in [7, 11) is 0. The summed E-state index contributed by atoms with van der Waals surface area (Å²) in [5, 5.41) is 9.06. The predicted molar refractivity (Wildman–Crippen MR) is 64.9 cm³/mol. The van der Waals surface area contributed by atoms with Crippen molar-refractivity contribution in [2.45, 2.75) is 20.3 Å². The summed E-state index contributed by atoms with van der Waals surface area (Å²) < 4.78 is 0. The number of hydrogen-bond donors (Lipinski definition) is 1. The van der Waals surface area contributed by atoms with Crippen LogP contribution in [0.5, 0.6) is 0 Å². The number of aliphatic hydroxyl groups is 1. The summed E-state index contributed by atoms with van der Waals surface area (Å²) >= 11 is 1.67. The van der Waals surface area contributed by atoms with E-state index in [1.165, 1.54) is 4.88 Å². The average molecular weight is 239 g/mol. The normalized spacial score (nSPS) is 20.4. The minimum absolute atomic E-state index is 0.123. The molecule has 0 aromatic carbocycles. The van der Waals surface area contributed by atoms with Crippen LogP contribution in [0.2, 0.25) is 0 Å². The summed E-state index contributed by atoms with van der Waals surface area (Å²) in [6.45, 7) is 5.67. The smallest absolute Gasteiger partial charge is 0.254 e. The highest BCUT2D eigenvalue weighted by Crippen LogP contribution is 2.24. The number of aryl methyl sites for hydroxylation is 2. The molecule has 1 aromatic heterocycles. The maximum atomic E-state index is 12.2. The first-order valence-corrected chi connectivity index (χ1v) is 6.40. The van der Waals surface area contributed by atoms with E-state index in [1.807, 2.05) is 24.8 Å². The van der Waals surface area contributed by atoms with Gasteiger partial charge in [0.05, 0.1) is 5.56 Å². The van der Waals surface area contributed by atoms with Crippen molar-refractivity contribution in [3.63, 3.8) is 0 Å². The zero-order valence-corrected chi connectivity index (χ0v) is 10.5. The molecule has 3 nitrogen and oxygen atoms in total. The Kier molecular flexibility index (Phi) is 3.30. The van der Waals surface area contributed by atoms with E-state index in [1.54, 1.807) is 11.3 Å². The highest BCUT2D eigenvalue weighted by Gasteiger charge is 2.27. The van der Waals surface area contributed by atoms with Gasteiger partial charge in [0.2, 0.25) is 0 Å². The molecular formula is C12H17NO2S. The van der Waals surface area contributed by atoms with E-state index < -0.39 is 0 Å². The van der Waals surface area contributed by atoms with Crippen molar-refractivity contribution >= 4 is 17.2 Å². The molecule has 1 amide bonds. The van der Waals surface area contributed by atoms with Crippen molar-refractivity contribution in [3.05, 3.63) is 21.4 Å². The van der Waals surface area contributed by atoms with Crippen molar-refractivity contribution in [2.75, 3.05) is 19.7 Å². The Labute approximate surface area is 99.7 Å². The summed E-state index contributed by atoms with van der Waals surface area (Å²) in [5.74, 6) is 0.391. The molecule has 1 unspecified atom stereocenters. The van der Waals surface area contributed by atoms with E-state index in [-0.39, 0.29) is 18.4 Å². The van der Waals surface area contributed by atoms with Crippen molar-refractivity contribution in [2.24, 2.45) is 5.92 Å². The molecule has 1 saturated heterocycles. The maximum Gasteiger partial charge on any atom is 0.254 e. The Morgan fingerprint density at radius 2 is 2.38 bits per heavy atom. The van der Waals surface area contributed by atoms with Crippen molar-refractivity contribution in [1.29, 1.82) is 0 Å². The Balaban J connectivity index is 2.11. The third-order valence-electron chi connectivity index (χ3n) is 3.10. The topological polar surface area (TPSA) is 40.5 Å². The fourth-order valence-electron chi connectivity index (χ4n) is 2.18. The first kappa shape index (κ1) is 11.6. The number of nitrogens with zero attached hydrogens (tertiary/aromatic N) is 1. The van der Waals surface area contributed by atoms with Gasteiger partial charge in [0, 0.05) is 35.4 Å². The lowest BCUT2D eigenvalue weighted by atomic mass is 10.1. The van der Waals surface area contributed by atoms with Crippen LogP contribution in [0.25, 0.3) is 0 Å². The zero-order chi connectivity index (χ0) is 11.7. The number of carbonyl (C=O) groups excluding carboxylic acids is 1. The molecule has 0 aliphatic carbocycles. The second-order valence-electron chi connectivity index (χ2n) is 4.42. The number of hydrogen-bond acceptors (Lipinski definition) is 3. The maximum absolute atomic E-state index is 12.2. The predicted octanol–water partition coefficient (Wildman–Crippen LogP) is 1.82. The van der Waals surface area contributed by atoms with Gasteiger partial charge in [0.15, 0.2) is 0 Å². The number of thiophene rings is 1. The molecule has 1 fully saturated rings. The van der Waals surface area contributed by atoms with Gasteiger partial charge in [-0.15, -0.1) is 11.3 Å². The lowest BCUT2D eigenvalue weighted by Crippen LogP contribution is -2.29. The molecule has 1 atom stereocenters. The minimum Gasteiger partial charge on any atom is -0.396 e. The van der Waals surface area contributed by atoms with Crippen molar-refractivity contribution in [3.8, 4) is 0 Å². The van der Waals surface area contributed by atoms with Crippen LogP contribution in [0.1, 0.15) is 26.5 Å². The highest BCUT2D eigenvalue weighted by molar-refractivity contribution is 7.12. The number of rotatable bonds is 2. The van der Waals surface area contributed by atoms with Crippen LogP contribution < -0.4 is 0 Å². The Hall–Kier alpha value is -0.870. The number of amides is 1. The second-order valence-corrected chi connectivity index (χ2v) is 5.88. The summed E-state index contributed by atoms with van der Waals surface area (Å²) in [5.41, 5.74) is 0.834. The van der Waals surface area contributed by atoms with Gasteiger partial charge < -0.3 is 10.0 Å². The van der Waals surface area contributed by atoms with Gasteiger partial charge in [-0.25, -0.2) is 0 Å². The Morgan fingerprint density at radius 1 is 1.62 bits per heavy atom. The van der Waals surface area contributed by atoms with E-state index in [0.29, 0.717) is 6.54 Å². The average Bonchev–Trinajstić information content (AvgIpc) is 2.84. The SMILES string of the molecule is Cc1cc(C(=O)N2CCC(CO)C2)c(C)s1. The quantitative estimate of drug-likeness (QED) is 0.855. The molecule has 16 heavy (non-hydrogen) atoms. The lowest BCUT2D eigenvalue weighted by Gasteiger charge is -2.15. The van der Waals surface area contributed by atoms with Gasteiger partial charge in [-0.3, -0.25) is 4.79 Å². The van der Waals surface area contributed by atoms with Crippen molar-refractivity contribution < 1.29 is 9.90 Å². The summed E-state index contributed by atoms with van der Waals surface area (Å²) in [6, 6.07) is 1.97. The molecule has 0 saturated carbocycles. The van der Waals surface area contributed by atoms with Gasteiger partial charge >= 0.3 is 0 Å². The van der Waals surface area contributed by atoms with Crippen LogP contribution in [0, 0.1) is 19.8 Å². The first-order valence-electron chi connectivity index (χ1n) is 5.59. The standard InChI is InChI=1S/C12H17NO2S/c1-8-5-11(9(2)16-8)12(15)13-4-3-10(6-13)7-14/h5,10,14H,3-4,6-7H2,1-2H3. The first-order chi connectivity index (χ1) is 7.61. The molecule has 88 valence electrons. The van der Waals surface area contributed by atoms with Crippen LogP contribution in [0.3, 0.4) is 0 Å². The molecule has 0 radical (unpaired) electrons. The van der Waals surface area contributed by atoms with Crippen LogP contribution in [-0.2, 0) is 0 Å². The molecule has 4 heteroatoms. The molecule has 1 aliphatic rings. The third kappa shape index (κ3) is 2.13. The van der Waals surface area contributed by atoms with E-state index in [0.717, 1.165) is 23.4 Å². The molecule has 1 aromatic rings. The monoisotopic (exact) mass is 239 g/mol. The number of likely N-dealkylation sites (tertiary alicyclic amines) is 1. The van der Waals surface area contributed by atoms with Gasteiger partial charge in [-0.05, 0) is 26.3 Å². The summed E-state index contributed by atoms with van der Waals surface area (Å²) in [4.78, 5) is 16.3. The zero-order valence-electron chi connectivity index (χ0n) is 9.69. The fraction of sp³-hybridized carbons (Fsp3) is 0.583. The van der Waals surface area contributed by atoms with Gasteiger partial charge in [-0.1, -0.05) is 0 Å². The molecule has 2 rings (SSSR count). The largest absolute Gasteiger partial charge is 0.396 e. The van der Waals surface area contributed by atoms with Crippen LogP contribution in [0.4, 0.5) is 0 Å². The van der Waals surface area contributed by atoms with E-state index in [2.05, 4.69) is 0 Å². The number of aliphatic hydroxyl groups excluding tert-OH is 1. The Bertz CT molecular complexity index is 400. The van der Waals surface area contributed by atoms with Gasteiger partial charge in [-0.2, -0.15) is 0 Å². The molecule has 1 aliphatic heterocycles. The van der Waals surface area contributed by atoms with Gasteiger partial charge in [0.25, 0.3) is 5.91 Å². The van der Waals surface area contributed by atoms with E-state index in [4.69, 9.17) is 5.11 Å². The minimum atomic E-state index is 0.123. The van der Waals surface area contributed by atoms with E-state index >= 15 is 0 Å². The summed E-state index contributed by atoms with van der Waals surface area (Å²) in [6.07, 6.45) is 0.921. The van der Waals surface area contributed by atoms with Crippen LogP contribution >= 0.6 is 11.3 Å². The number of carbonyl (C=O) groups is 1. The van der Waals surface area contributed by atoms with Crippen LogP contribution in [0.15, 0.2) is 6.07 Å². The molecule has 0 bridgehead atoms. The molecule has 0 spiro atoms. The lowest BCUT2D eigenvalue weighted by molar-refractivity contribution is 0.0781. The molecular weight excluding hydrogens is 222 g/mol. The fourth-order valence-corrected chi connectivity index (χ4v) is 3.10. The molecule has 1 N–H and O–H groups in total. The highest BCUT2D eigenvalue weighted by atomic mass is 32.1. The van der Waals surface area contributed by atoms with Crippen LogP contribution in [-0.4, -0.2) is 35.6 Å². The van der Waals surface area contributed by atoms with E-state index in [9.17, 15) is 4.79 Å². The Morgan fingerprint density at radius 3 is 2.88 bits per heavy atom. The molecule has 2 heterocycles. The second kappa shape index (κ2) is 4.55. The van der Waals surface area contributed by atoms with Gasteiger partial charge in [0.1, 0.15) is 0 Å². The third-order valence-corrected chi connectivity index (χ3v) is 4.07.